The first kappa shape index (κ1) is 15.6. The fraction of sp³-hybridized carbons (Fsp3) is 0.333. The van der Waals surface area contributed by atoms with Crippen LogP contribution in [0.2, 0.25) is 0 Å². The lowest BCUT2D eigenvalue weighted by atomic mass is 10.1. The topological polar surface area (TPSA) is 117 Å². The monoisotopic (exact) mass is 349 g/mol. The number of aliphatic hydroxyl groups is 3. The van der Waals surface area contributed by atoms with Gasteiger partial charge in [0.2, 0.25) is 0 Å². The molecule has 8 nitrogen and oxygen atoms in total. The zero-order chi connectivity index (χ0) is 16.8. The van der Waals surface area contributed by atoms with Gasteiger partial charge < -0.3 is 25.4 Å². The van der Waals surface area contributed by atoms with E-state index in [0.717, 1.165) is 15.1 Å². The maximum Gasteiger partial charge on any atom is 0.351 e. The number of aliphatic hydroxyl groups excluding tert-OH is 3. The number of anilines is 2. The molecule has 2 aliphatic heterocycles. The second-order valence-electron chi connectivity index (χ2n) is 5.60. The van der Waals surface area contributed by atoms with E-state index in [2.05, 4.69) is 10.3 Å². The molecule has 4 rings (SSSR count). The molecule has 4 N–H and O–H groups in total. The molecule has 1 aromatic heterocycles. The van der Waals surface area contributed by atoms with Crippen LogP contribution in [0.25, 0.3) is 0 Å². The van der Waals surface area contributed by atoms with E-state index >= 15 is 0 Å². The minimum absolute atomic E-state index is 0.437. The van der Waals surface area contributed by atoms with Crippen LogP contribution >= 0.6 is 11.8 Å². The van der Waals surface area contributed by atoms with Crippen molar-refractivity contribution in [3.63, 3.8) is 0 Å². The average molecular weight is 349 g/mol. The number of fused-ring (bicyclic) bond motifs is 2. The molecule has 0 radical (unpaired) electrons. The van der Waals surface area contributed by atoms with Gasteiger partial charge >= 0.3 is 5.69 Å². The van der Waals surface area contributed by atoms with Gasteiger partial charge in [0, 0.05) is 11.1 Å². The largest absolute Gasteiger partial charge is 0.394 e. The molecule has 0 aliphatic carbocycles. The summed E-state index contributed by atoms with van der Waals surface area (Å²) in [7, 11) is 0. The van der Waals surface area contributed by atoms with Gasteiger partial charge in [-0.2, -0.15) is 4.98 Å². The number of nitrogens with one attached hydrogen (secondary N) is 1. The third-order valence-electron chi connectivity index (χ3n) is 4.07. The Balaban J connectivity index is 1.72. The first-order valence-electron chi connectivity index (χ1n) is 7.38. The van der Waals surface area contributed by atoms with Crippen LogP contribution < -0.4 is 11.0 Å². The number of ether oxygens (including phenoxy) is 1. The van der Waals surface area contributed by atoms with Crippen LogP contribution in [0.5, 0.6) is 0 Å². The van der Waals surface area contributed by atoms with Crippen molar-refractivity contribution in [3.05, 3.63) is 40.9 Å². The summed E-state index contributed by atoms with van der Waals surface area (Å²) < 4.78 is 6.55. The summed E-state index contributed by atoms with van der Waals surface area (Å²) in [6.07, 6.45) is -3.10. The molecule has 1 aromatic carbocycles. The van der Waals surface area contributed by atoms with Gasteiger partial charge in [0.15, 0.2) is 12.0 Å². The van der Waals surface area contributed by atoms with Crippen molar-refractivity contribution in [2.24, 2.45) is 0 Å². The normalized spacial score (nSPS) is 28.1. The zero-order valence-electron chi connectivity index (χ0n) is 12.4. The lowest BCUT2D eigenvalue weighted by Crippen LogP contribution is -2.36. The molecule has 0 saturated carbocycles. The summed E-state index contributed by atoms with van der Waals surface area (Å²) in [5.41, 5.74) is 0.253. The van der Waals surface area contributed by atoms with Gasteiger partial charge in [-0.05, 0) is 12.1 Å². The van der Waals surface area contributed by atoms with Gasteiger partial charge in [-0.25, -0.2) is 4.79 Å². The molecule has 2 aromatic rings. The van der Waals surface area contributed by atoms with Gasteiger partial charge in [-0.15, -0.1) is 0 Å². The Labute approximate surface area is 140 Å². The molecule has 4 atom stereocenters. The van der Waals surface area contributed by atoms with Crippen molar-refractivity contribution in [1.29, 1.82) is 0 Å². The number of hydrogen-bond acceptors (Lipinski definition) is 8. The second kappa shape index (κ2) is 5.87. The number of benzene rings is 1. The molecule has 0 bridgehead atoms. The molecule has 1 unspecified atom stereocenters. The number of rotatable bonds is 2. The van der Waals surface area contributed by atoms with Crippen molar-refractivity contribution in [2.75, 3.05) is 11.9 Å². The summed E-state index contributed by atoms with van der Waals surface area (Å²) >= 11 is 1.44. The van der Waals surface area contributed by atoms with Gasteiger partial charge in [-0.1, -0.05) is 23.9 Å². The fourth-order valence-electron chi connectivity index (χ4n) is 2.81. The summed E-state index contributed by atoms with van der Waals surface area (Å²) in [6, 6.07) is 7.63. The first-order valence-corrected chi connectivity index (χ1v) is 8.19. The lowest BCUT2D eigenvalue weighted by Gasteiger charge is -2.23. The maximum absolute atomic E-state index is 12.3. The van der Waals surface area contributed by atoms with Crippen LogP contribution in [0.4, 0.5) is 11.5 Å². The summed E-state index contributed by atoms with van der Waals surface area (Å²) in [6.45, 7) is -0.453. The van der Waals surface area contributed by atoms with Gasteiger partial charge in [-0.3, -0.25) is 4.57 Å². The molecule has 3 heterocycles. The van der Waals surface area contributed by atoms with E-state index in [9.17, 15) is 20.1 Å². The van der Waals surface area contributed by atoms with E-state index in [-0.39, 0.29) is 0 Å². The molecular formula is C15H15N3O5S. The molecule has 9 heteroatoms. The maximum atomic E-state index is 12.3. The van der Waals surface area contributed by atoms with Crippen LogP contribution in [0.1, 0.15) is 6.23 Å². The average Bonchev–Trinajstić information content (AvgIpc) is 2.87. The lowest BCUT2D eigenvalue weighted by molar-refractivity contribution is -0.0552. The van der Waals surface area contributed by atoms with E-state index in [1.807, 2.05) is 24.3 Å². The van der Waals surface area contributed by atoms with E-state index in [0.29, 0.717) is 10.7 Å². The molecule has 2 aliphatic rings. The van der Waals surface area contributed by atoms with Gasteiger partial charge in [0.25, 0.3) is 0 Å². The molecule has 24 heavy (non-hydrogen) atoms. The highest BCUT2D eigenvalue weighted by Crippen LogP contribution is 2.42. The Kier molecular flexibility index (Phi) is 3.82. The summed E-state index contributed by atoms with van der Waals surface area (Å²) in [5, 5.41) is 32.2. The minimum atomic E-state index is -1.33. The standard InChI is InChI=1S/C15H15N3O5S/c19-6-8-11(20)12(21)14(23-8)18-5-10-13(17-15(18)22)16-7-3-1-2-4-9(7)24-10/h1-5,8,11-12,14,19-21H,6H2,(H,16,17,22)/t8-,11?,12+,14-/m1/s1. The molecule has 0 amide bonds. The molecule has 126 valence electrons. The van der Waals surface area contributed by atoms with Crippen molar-refractivity contribution in [2.45, 2.75) is 34.3 Å². The number of aromatic nitrogens is 2. The van der Waals surface area contributed by atoms with Crippen LogP contribution in [-0.2, 0) is 4.74 Å². The third kappa shape index (κ3) is 2.41. The molecule has 1 saturated heterocycles. The highest BCUT2D eigenvalue weighted by Gasteiger charge is 2.44. The van der Waals surface area contributed by atoms with Crippen LogP contribution in [-0.4, -0.2) is 49.8 Å². The van der Waals surface area contributed by atoms with Crippen LogP contribution in [0.3, 0.4) is 0 Å². The van der Waals surface area contributed by atoms with E-state index in [1.54, 1.807) is 6.20 Å². The van der Waals surface area contributed by atoms with Crippen molar-refractivity contribution in [3.8, 4) is 0 Å². The minimum Gasteiger partial charge on any atom is -0.394 e. The number of nitrogens with zero attached hydrogens (tertiary/aromatic N) is 2. The second-order valence-corrected chi connectivity index (χ2v) is 6.68. The highest BCUT2D eigenvalue weighted by atomic mass is 32.2. The van der Waals surface area contributed by atoms with E-state index < -0.39 is 36.8 Å². The van der Waals surface area contributed by atoms with Gasteiger partial charge in [0.05, 0.1) is 17.2 Å². The van der Waals surface area contributed by atoms with Crippen LogP contribution in [0, 0.1) is 0 Å². The SMILES string of the molecule is O=c1nc2c(cn1[C@@H]1O[C@H](CO)C(O)[C@@H]1O)Sc1ccccc1N2. The predicted octanol–water partition coefficient (Wildman–Crippen LogP) is 0.0630. The molecule has 1 fully saturated rings. The summed E-state index contributed by atoms with van der Waals surface area (Å²) in [4.78, 5) is 18.0. The Morgan fingerprint density at radius 1 is 1.25 bits per heavy atom. The Morgan fingerprint density at radius 3 is 2.79 bits per heavy atom. The predicted molar refractivity (Wildman–Crippen MR) is 85.4 cm³/mol. The van der Waals surface area contributed by atoms with E-state index in [1.165, 1.54) is 11.8 Å². The Bertz CT molecular complexity index is 842. The Morgan fingerprint density at radius 2 is 2.04 bits per heavy atom. The fourth-order valence-corrected chi connectivity index (χ4v) is 3.78. The highest BCUT2D eigenvalue weighted by molar-refractivity contribution is 7.99. The number of para-hydroxylation sites is 1. The Hall–Kier alpha value is -1.91. The number of hydrogen-bond donors (Lipinski definition) is 4. The smallest absolute Gasteiger partial charge is 0.351 e. The molecular weight excluding hydrogens is 334 g/mol. The van der Waals surface area contributed by atoms with Gasteiger partial charge in [0.1, 0.15) is 18.3 Å². The van der Waals surface area contributed by atoms with Crippen molar-refractivity contribution in [1.82, 2.24) is 9.55 Å². The zero-order valence-corrected chi connectivity index (χ0v) is 13.2. The van der Waals surface area contributed by atoms with Crippen molar-refractivity contribution < 1.29 is 20.1 Å². The van der Waals surface area contributed by atoms with Crippen LogP contribution in [0.15, 0.2) is 45.0 Å². The summed E-state index contributed by atoms with van der Waals surface area (Å²) in [5.74, 6) is 0.437. The van der Waals surface area contributed by atoms with Crippen molar-refractivity contribution >= 4 is 23.3 Å². The van der Waals surface area contributed by atoms with E-state index in [4.69, 9.17) is 4.74 Å². The quantitative estimate of drug-likeness (QED) is 0.513. The molecule has 0 spiro atoms. The first-order chi connectivity index (χ1) is 11.6. The third-order valence-corrected chi connectivity index (χ3v) is 5.16.